The van der Waals surface area contributed by atoms with E-state index in [-0.39, 0.29) is 5.75 Å². The fourth-order valence-electron chi connectivity index (χ4n) is 3.29. The van der Waals surface area contributed by atoms with Crippen molar-refractivity contribution in [3.05, 3.63) is 36.4 Å². The quantitative estimate of drug-likeness (QED) is 0.831. The van der Waals surface area contributed by atoms with Crippen LogP contribution in [0.1, 0.15) is 25.5 Å². The highest BCUT2D eigenvalue weighted by atomic mass is 32.2. The van der Waals surface area contributed by atoms with Gasteiger partial charge in [0.15, 0.2) is 0 Å². The maximum atomic E-state index is 12.2. The van der Waals surface area contributed by atoms with Gasteiger partial charge >= 0.3 is 0 Å². The van der Waals surface area contributed by atoms with Gasteiger partial charge in [0.25, 0.3) is 0 Å². The first-order valence-corrected chi connectivity index (χ1v) is 10.0. The molecule has 1 saturated heterocycles. The number of pyridine rings is 1. The van der Waals surface area contributed by atoms with Gasteiger partial charge in [0.2, 0.25) is 10.0 Å². The lowest BCUT2D eigenvalue weighted by atomic mass is 9.99. The Labute approximate surface area is 143 Å². The second-order valence-electron chi connectivity index (χ2n) is 6.34. The van der Waals surface area contributed by atoms with Gasteiger partial charge in [-0.1, -0.05) is 0 Å². The van der Waals surface area contributed by atoms with Crippen LogP contribution in [-0.2, 0) is 16.6 Å². The highest BCUT2D eigenvalue weighted by Crippen LogP contribution is 2.25. The Bertz CT molecular complexity index is 786. The van der Waals surface area contributed by atoms with Crippen LogP contribution in [0.15, 0.2) is 30.7 Å². The van der Waals surface area contributed by atoms with Gasteiger partial charge in [-0.2, -0.15) is 0 Å². The van der Waals surface area contributed by atoms with Gasteiger partial charge < -0.3 is 4.57 Å². The van der Waals surface area contributed by atoms with Crippen molar-refractivity contribution in [2.75, 3.05) is 18.8 Å². The fourth-order valence-corrected chi connectivity index (χ4v) is 4.50. The summed E-state index contributed by atoms with van der Waals surface area (Å²) in [5.41, 5.74) is 2.13. The summed E-state index contributed by atoms with van der Waals surface area (Å²) in [5, 5.41) is 0. The van der Waals surface area contributed by atoms with Gasteiger partial charge in [0, 0.05) is 49.5 Å². The Morgan fingerprint density at radius 2 is 2.04 bits per heavy atom. The molecule has 2 aromatic heterocycles. The molecule has 3 heterocycles. The Morgan fingerprint density at radius 3 is 2.75 bits per heavy atom. The molecule has 0 amide bonds. The third kappa shape index (κ3) is 3.52. The molecule has 0 N–H and O–H groups in total. The second kappa shape index (κ2) is 7.03. The van der Waals surface area contributed by atoms with E-state index in [1.54, 1.807) is 23.6 Å². The molecule has 130 valence electrons. The molecule has 7 heteroatoms. The number of piperidine rings is 1. The van der Waals surface area contributed by atoms with Gasteiger partial charge in [0.1, 0.15) is 5.82 Å². The number of sulfonamides is 1. The average molecular weight is 348 g/mol. The summed E-state index contributed by atoms with van der Waals surface area (Å²) in [4.78, 5) is 8.60. The summed E-state index contributed by atoms with van der Waals surface area (Å²) in [6.45, 7) is 5.79. The van der Waals surface area contributed by atoms with Crippen LogP contribution in [0.2, 0.25) is 0 Å². The van der Waals surface area contributed by atoms with Gasteiger partial charge in [-0.05, 0) is 44.7 Å². The normalized spacial score (nSPS) is 19.5. The summed E-state index contributed by atoms with van der Waals surface area (Å²) in [7, 11) is -3.11. The zero-order chi connectivity index (χ0) is 17.2. The summed E-state index contributed by atoms with van der Waals surface area (Å²) >= 11 is 0. The van der Waals surface area contributed by atoms with E-state index >= 15 is 0 Å². The number of nitrogens with zero attached hydrogens (tertiary/aromatic N) is 4. The van der Waals surface area contributed by atoms with E-state index in [4.69, 9.17) is 0 Å². The van der Waals surface area contributed by atoms with Crippen molar-refractivity contribution in [3.63, 3.8) is 0 Å². The van der Waals surface area contributed by atoms with E-state index in [0.717, 1.165) is 36.5 Å². The lowest BCUT2D eigenvalue weighted by Crippen LogP contribution is -2.41. The fraction of sp³-hybridized carbons (Fsp3) is 0.529. The molecule has 3 rings (SSSR count). The molecule has 2 aromatic rings. The van der Waals surface area contributed by atoms with Crippen molar-refractivity contribution in [1.29, 1.82) is 0 Å². The zero-order valence-corrected chi connectivity index (χ0v) is 15.0. The summed E-state index contributed by atoms with van der Waals surface area (Å²) in [5.74, 6) is 1.41. The maximum absolute atomic E-state index is 12.2. The Morgan fingerprint density at radius 1 is 1.29 bits per heavy atom. The number of hydrogen-bond donors (Lipinski definition) is 0. The Kier molecular flexibility index (Phi) is 5.01. The lowest BCUT2D eigenvalue weighted by Gasteiger charge is -2.32. The van der Waals surface area contributed by atoms with Crippen LogP contribution in [-0.4, -0.2) is 46.1 Å². The smallest absolute Gasteiger partial charge is 0.213 e. The number of rotatable bonds is 5. The van der Waals surface area contributed by atoms with Crippen molar-refractivity contribution < 1.29 is 8.42 Å². The molecule has 0 aromatic carbocycles. The van der Waals surface area contributed by atoms with E-state index in [2.05, 4.69) is 14.5 Å². The Balaban J connectivity index is 1.81. The summed E-state index contributed by atoms with van der Waals surface area (Å²) in [6, 6.07) is 3.90. The third-order valence-corrected chi connectivity index (χ3v) is 6.52. The monoisotopic (exact) mass is 348 g/mol. The second-order valence-corrected chi connectivity index (χ2v) is 8.59. The summed E-state index contributed by atoms with van der Waals surface area (Å²) in [6.07, 6.45) is 7.37. The number of hydrogen-bond acceptors (Lipinski definition) is 4. The van der Waals surface area contributed by atoms with Crippen molar-refractivity contribution in [3.8, 4) is 11.4 Å². The van der Waals surface area contributed by atoms with Crippen molar-refractivity contribution in [1.82, 2.24) is 18.8 Å². The molecule has 1 fully saturated rings. The molecule has 0 bridgehead atoms. The van der Waals surface area contributed by atoms with Crippen molar-refractivity contribution >= 4 is 10.0 Å². The SMILES string of the molecule is CCS(=O)(=O)N1CCCC(Cn2c(C)cnc2-c2ccncc2)C1. The standard InChI is InChI=1S/C17H24N4O2S/c1-3-24(22,23)20-10-4-5-15(12-20)13-21-14(2)11-19-17(21)16-6-8-18-9-7-16/h6-9,11,15H,3-5,10,12-13H2,1-2H3. The lowest BCUT2D eigenvalue weighted by molar-refractivity contribution is 0.245. The first kappa shape index (κ1) is 17.1. The summed E-state index contributed by atoms with van der Waals surface area (Å²) < 4.78 is 28.2. The van der Waals surface area contributed by atoms with Crippen LogP contribution in [0, 0.1) is 12.8 Å². The van der Waals surface area contributed by atoms with E-state index in [0.29, 0.717) is 19.0 Å². The minimum Gasteiger partial charge on any atom is -0.328 e. The molecule has 1 aliphatic heterocycles. The molecule has 0 radical (unpaired) electrons. The molecule has 0 spiro atoms. The predicted octanol–water partition coefficient (Wildman–Crippen LogP) is 2.32. The average Bonchev–Trinajstić information content (AvgIpc) is 2.97. The van der Waals surface area contributed by atoms with E-state index in [9.17, 15) is 8.42 Å². The molecular weight excluding hydrogens is 324 g/mol. The van der Waals surface area contributed by atoms with E-state index in [1.807, 2.05) is 25.3 Å². The highest BCUT2D eigenvalue weighted by molar-refractivity contribution is 7.89. The van der Waals surface area contributed by atoms with Gasteiger partial charge in [0.05, 0.1) is 5.75 Å². The minimum absolute atomic E-state index is 0.173. The van der Waals surface area contributed by atoms with Crippen LogP contribution < -0.4 is 0 Å². The zero-order valence-electron chi connectivity index (χ0n) is 14.2. The topological polar surface area (TPSA) is 68.1 Å². The molecule has 1 atom stereocenters. The van der Waals surface area contributed by atoms with Crippen LogP contribution in [0.4, 0.5) is 0 Å². The molecular formula is C17H24N4O2S. The van der Waals surface area contributed by atoms with Crippen LogP contribution in [0.3, 0.4) is 0 Å². The molecule has 6 nitrogen and oxygen atoms in total. The number of aromatic nitrogens is 3. The van der Waals surface area contributed by atoms with Crippen LogP contribution >= 0.6 is 0 Å². The minimum atomic E-state index is -3.11. The molecule has 0 saturated carbocycles. The van der Waals surface area contributed by atoms with Crippen molar-refractivity contribution in [2.24, 2.45) is 5.92 Å². The van der Waals surface area contributed by atoms with Crippen LogP contribution in [0.5, 0.6) is 0 Å². The van der Waals surface area contributed by atoms with Gasteiger partial charge in [-0.3, -0.25) is 4.98 Å². The molecule has 0 aliphatic carbocycles. The maximum Gasteiger partial charge on any atom is 0.213 e. The number of imidazole rings is 1. The molecule has 24 heavy (non-hydrogen) atoms. The highest BCUT2D eigenvalue weighted by Gasteiger charge is 2.28. The first-order chi connectivity index (χ1) is 11.5. The van der Waals surface area contributed by atoms with Crippen LogP contribution in [0.25, 0.3) is 11.4 Å². The van der Waals surface area contributed by atoms with Crippen molar-refractivity contribution in [2.45, 2.75) is 33.2 Å². The Hall–Kier alpha value is -1.73. The van der Waals surface area contributed by atoms with E-state index < -0.39 is 10.0 Å². The van der Waals surface area contributed by atoms with E-state index in [1.165, 1.54) is 0 Å². The predicted molar refractivity (Wildman–Crippen MR) is 94.0 cm³/mol. The van der Waals surface area contributed by atoms with Gasteiger partial charge in [-0.25, -0.2) is 17.7 Å². The largest absolute Gasteiger partial charge is 0.328 e. The first-order valence-electron chi connectivity index (χ1n) is 8.41. The molecule has 1 unspecified atom stereocenters. The third-order valence-electron chi connectivity index (χ3n) is 4.67. The van der Waals surface area contributed by atoms with Gasteiger partial charge in [-0.15, -0.1) is 0 Å². The number of aryl methyl sites for hydroxylation is 1. The molecule has 1 aliphatic rings.